The van der Waals surface area contributed by atoms with Crippen molar-refractivity contribution in [2.24, 2.45) is 0 Å². The molecule has 1 fully saturated rings. The molecule has 1 aliphatic heterocycles. The highest BCUT2D eigenvalue weighted by atomic mass is 16.5. The molecule has 6 heteroatoms. The molecule has 0 unspecified atom stereocenters. The Hall–Kier alpha value is -3.02. The van der Waals surface area contributed by atoms with Gasteiger partial charge < -0.3 is 20.3 Å². The van der Waals surface area contributed by atoms with E-state index >= 15 is 0 Å². The van der Waals surface area contributed by atoms with Crippen molar-refractivity contribution >= 4 is 17.6 Å². The highest BCUT2D eigenvalue weighted by Crippen LogP contribution is 2.25. The molecule has 0 saturated carbocycles. The second-order valence-electron chi connectivity index (χ2n) is 6.47. The first-order valence-electron chi connectivity index (χ1n) is 8.59. The number of amides is 3. The van der Waals surface area contributed by atoms with Gasteiger partial charge in [0, 0.05) is 6.54 Å². The molecule has 3 rings (SSSR count). The molecule has 1 aliphatic rings. The third kappa shape index (κ3) is 4.33. The molecular weight excluding hydrogens is 330 g/mol. The average molecular weight is 353 g/mol. The molecule has 2 aromatic rings. The third-order valence-electron chi connectivity index (χ3n) is 4.35. The highest BCUT2D eigenvalue weighted by Gasteiger charge is 2.28. The molecule has 0 radical (unpaired) electrons. The quantitative estimate of drug-likeness (QED) is 0.887. The number of nitrogens with one attached hydrogen (secondary N) is 2. The van der Waals surface area contributed by atoms with Gasteiger partial charge in [-0.1, -0.05) is 36.4 Å². The predicted molar refractivity (Wildman–Crippen MR) is 100 cm³/mol. The van der Waals surface area contributed by atoms with Gasteiger partial charge in [-0.25, -0.2) is 4.79 Å². The number of piperazine rings is 1. The molecule has 1 saturated heterocycles. The van der Waals surface area contributed by atoms with E-state index in [4.69, 9.17) is 4.74 Å². The molecule has 6 nitrogen and oxygen atoms in total. The normalized spacial score (nSPS) is 16.8. The van der Waals surface area contributed by atoms with Gasteiger partial charge in [0.25, 0.3) is 0 Å². The van der Waals surface area contributed by atoms with E-state index in [9.17, 15) is 9.59 Å². The van der Waals surface area contributed by atoms with Crippen LogP contribution < -0.4 is 15.4 Å². The molecule has 2 N–H and O–H groups in total. The van der Waals surface area contributed by atoms with Gasteiger partial charge in [-0.3, -0.25) is 4.79 Å². The van der Waals surface area contributed by atoms with Gasteiger partial charge in [0.15, 0.2) is 0 Å². The maximum absolute atomic E-state index is 12.7. The van der Waals surface area contributed by atoms with E-state index in [0.717, 1.165) is 11.1 Å². The summed E-state index contributed by atoms with van der Waals surface area (Å²) in [5.74, 6) is 0.440. The van der Waals surface area contributed by atoms with E-state index in [0.29, 0.717) is 24.4 Å². The molecule has 0 bridgehead atoms. The van der Waals surface area contributed by atoms with Crippen LogP contribution in [0.3, 0.4) is 0 Å². The lowest BCUT2D eigenvalue weighted by Crippen LogP contribution is -2.57. The van der Waals surface area contributed by atoms with Crippen LogP contribution in [0.2, 0.25) is 0 Å². The summed E-state index contributed by atoms with van der Waals surface area (Å²) in [5.41, 5.74) is 2.74. The standard InChI is InChI=1S/C20H23N3O3/c1-14-8-9-18(26-2)17(10-14)22-20(25)23-12-16(21-19(24)13-23)11-15-6-4-3-5-7-15/h3-10,16H,11-13H2,1-2H3,(H,21,24)(H,22,25)/t16-/m0/s1. The van der Waals surface area contributed by atoms with Crippen molar-refractivity contribution in [3.05, 3.63) is 59.7 Å². The Kier molecular flexibility index (Phi) is 5.41. The number of nitrogens with zero attached hydrogens (tertiary/aromatic N) is 1. The summed E-state index contributed by atoms with van der Waals surface area (Å²) in [5, 5.41) is 5.82. The maximum atomic E-state index is 12.7. The molecular formula is C20H23N3O3. The Morgan fingerprint density at radius 2 is 2.04 bits per heavy atom. The van der Waals surface area contributed by atoms with Gasteiger partial charge in [-0.05, 0) is 36.6 Å². The monoisotopic (exact) mass is 353 g/mol. The van der Waals surface area contributed by atoms with E-state index in [1.165, 1.54) is 4.90 Å². The third-order valence-corrected chi connectivity index (χ3v) is 4.35. The van der Waals surface area contributed by atoms with Crippen molar-refractivity contribution in [2.75, 3.05) is 25.5 Å². The zero-order chi connectivity index (χ0) is 18.5. The fourth-order valence-corrected chi connectivity index (χ4v) is 3.11. The summed E-state index contributed by atoms with van der Waals surface area (Å²) in [6.07, 6.45) is 0.685. The number of ether oxygens (including phenoxy) is 1. The number of carbonyl (C=O) groups excluding carboxylic acids is 2. The van der Waals surface area contributed by atoms with E-state index < -0.39 is 0 Å². The van der Waals surface area contributed by atoms with Crippen molar-refractivity contribution < 1.29 is 14.3 Å². The van der Waals surface area contributed by atoms with Crippen LogP contribution in [-0.2, 0) is 11.2 Å². The fourth-order valence-electron chi connectivity index (χ4n) is 3.11. The van der Waals surface area contributed by atoms with Crippen molar-refractivity contribution in [1.29, 1.82) is 0 Å². The number of anilines is 1. The van der Waals surface area contributed by atoms with Crippen LogP contribution in [0.5, 0.6) is 5.75 Å². The van der Waals surface area contributed by atoms with E-state index in [-0.39, 0.29) is 24.5 Å². The number of methoxy groups -OCH3 is 1. The van der Waals surface area contributed by atoms with Gasteiger partial charge in [0.2, 0.25) is 5.91 Å². The summed E-state index contributed by atoms with van der Waals surface area (Å²) in [6, 6.07) is 15.1. The van der Waals surface area contributed by atoms with Gasteiger partial charge >= 0.3 is 6.03 Å². The Morgan fingerprint density at radius 1 is 1.27 bits per heavy atom. The number of urea groups is 1. The first-order chi connectivity index (χ1) is 12.5. The van der Waals surface area contributed by atoms with Gasteiger partial charge in [-0.2, -0.15) is 0 Å². The molecule has 3 amide bonds. The average Bonchev–Trinajstić information content (AvgIpc) is 2.62. The van der Waals surface area contributed by atoms with Crippen molar-refractivity contribution in [2.45, 2.75) is 19.4 Å². The summed E-state index contributed by atoms with van der Waals surface area (Å²) >= 11 is 0. The number of hydrogen-bond acceptors (Lipinski definition) is 3. The molecule has 2 aromatic carbocycles. The first-order valence-corrected chi connectivity index (χ1v) is 8.59. The molecule has 1 atom stereocenters. The Balaban J connectivity index is 1.69. The predicted octanol–water partition coefficient (Wildman–Crippen LogP) is 2.58. The van der Waals surface area contributed by atoms with Crippen molar-refractivity contribution in [3.63, 3.8) is 0 Å². The lowest BCUT2D eigenvalue weighted by atomic mass is 10.0. The van der Waals surface area contributed by atoms with Crippen LogP contribution in [-0.4, -0.2) is 43.1 Å². The van der Waals surface area contributed by atoms with Crippen LogP contribution in [0.4, 0.5) is 10.5 Å². The summed E-state index contributed by atoms with van der Waals surface area (Å²) < 4.78 is 5.30. The molecule has 26 heavy (non-hydrogen) atoms. The number of hydrogen-bond donors (Lipinski definition) is 2. The minimum Gasteiger partial charge on any atom is -0.495 e. The highest BCUT2D eigenvalue weighted by molar-refractivity contribution is 5.94. The molecule has 0 aliphatic carbocycles. The lowest BCUT2D eigenvalue weighted by Gasteiger charge is -2.33. The SMILES string of the molecule is COc1ccc(C)cc1NC(=O)N1CC(=O)N[C@@H](Cc2ccccc2)C1. The molecule has 0 spiro atoms. The second-order valence-corrected chi connectivity index (χ2v) is 6.47. The molecule has 136 valence electrons. The summed E-state index contributed by atoms with van der Waals surface area (Å²) in [6.45, 7) is 2.45. The zero-order valence-corrected chi connectivity index (χ0v) is 15.0. The topological polar surface area (TPSA) is 70.7 Å². The van der Waals surface area contributed by atoms with Crippen molar-refractivity contribution in [3.8, 4) is 5.75 Å². The number of carbonyl (C=O) groups is 2. The van der Waals surface area contributed by atoms with E-state index in [1.807, 2.05) is 55.5 Å². The maximum Gasteiger partial charge on any atom is 0.322 e. The van der Waals surface area contributed by atoms with E-state index in [1.54, 1.807) is 7.11 Å². The van der Waals surface area contributed by atoms with Crippen molar-refractivity contribution in [1.82, 2.24) is 10.2 Å². The molecule has 1 heterocycles. The Morgan fingerprint density at radius 3 is 2.77 bits per heavy atom. The molecule has 0 aromatic heterocycles. The van der Waals surface area contributed by atoms with E-state index in [2.05, 4.69) is 10.6 Å². The van der Waals surface area contributed by atoms with Crippen LogP contribution in [0.25, 0.3) is 0 Å². The number of benzene rings is 2. The van der Waals surface area contributed by atoms with Crippen LogP contribution in [0, 0.1) is 6.92 Å². The van der Waals surface area contributed by atoms with Gasteiger partial charge in [-0.15, -0.1) is 0 Å². The minimum atomic E-state index is -0.304. The zero-order valence-electron chi connectivity index (χ0n) is 15.0. The Bertz CT molecular complexity index is 792. The first kappa shape index (κ1) is 17.8. The Labute approximate surface area is 153 Å². The van der Waals surface area contributed by atoms with Crippen LogP contribution in [0.1, 0.15) is 11.1 Å². The van der Waals surface area contributed by atoms with Gasteiger partial charge in [0.1, 0.15) is 12.3 Å². The fraction of sp³-hybridized carbons (Fsp3) is 0.300. The number of rotatable bonds is 4. The lowest BCUT2D eigenvalue weighted by molar-refractivity contribution is -0.124. The smallest absolute Gasteiger partial charge is 0.322 e. The van der Waals surface area contributed by atoms with Gasteiger partial charge in [0.05, 0.1) is 18.8 Å². The van der Waals surface area contributed by atoms with Crippen LogP contribution in [0.15, 0.2) is 48.5 Å². The summed E-state index contributed by atoms with van der Waals surface area (Å²) in [4.78, 5) is 26.3. The largest absolute Gasteiger partial charge is 0.495 e. The van der Waals surface area contributed by atoms with Crippen LogP contribution >= 0.6 is 0 Å². The second kappa shape index (κ2) is 7.91. The number of aryl methyl sites for hydroxylation is 1. The summed E-state index contributed by atoms with van der Waals surface area (Å²) in [7, 11) is 1.56. The minimum absolute atomic E-state index is 0.0469.